The molecule has 0 aromatic heterocycles. The number of nitrogens with one attached hydrogen (secondary N) is 1. The molecule has 3 N–H and O–H groups in total. The number of halogens is 1. The summed E-state index contributed by atoms with van der Waals surface area (Å²) in [6, 6.07) is 6.88. The fraction of sp³-hybridized carbons (Fsp3) is 0.467. The first-order valence-corrected chi connectivity index (χ1v) is 7.45. The molecule has 114 valence electrons. The summed E-state index contributed by atoms with van der Waals surface area (Å²) >= 11 is 6.03. The van der Waals surface area contributed by atoms with E-state index in [1.165, 1.54) is 0 Å². The highest BCUT2D eigenvalue weighted by atomic mass is 35.5. The Morgan fingerprint density at radius 2 is 1.95 bits per heavy atom. The van der Waals surface area contributed by atoms with Gasteiger partial charge in [0.1, 0.15) is 0 Å². The number of nitrogens with zero attached hydrogens (tertiary/aromatic N) is 1. The number of anilines is 1. The van der Waals surface area contributed by atoms with Crippen molar-refractivity contribution in [2.24, 2.45) is 11.7 Å². The molecule has 1 aliphatic heterocycles. The van der Waals surface area contributed by atoms with Crippen LogP contribution in [0.4, 0.5) is 5.69 Å². The van der Waals surface area contributed by atoms with E-state index in [0.717, 1.165) is 0 Å². The zero-order valence-electron chi connectivity index (χ0n) is 12.0. The third-order valence-corrected chi connectivity index (χ3v) is 4.32. The lowest BCUT2D eigenvalue weighted by atomic mass is 9.95. The topological polar surface area (TPSA) is 75.4 Å². The number of nitrogens with two attached hydrogens (primary N) is 1. The van der Waals surface area contributed by atoms with Crippen LogP contribution in [0, 0.1) is 5.92 Å². The number of hydrogen-bond acceptors (Lipinski definition) is 3. The van der Waals surface area contributed by atoms with E-state index in [2.05, 4.69) is 10.2 Å². The number of likely N-dealkylation sites (tertiary alicyclic amines) is 1. The smallest absolute Gasteiger partial charge is 0.241 e. The Labute approximate surface area is 129 Å². The lowest BCUT2D eigenvalue weighted by Crippen LogP contribution is -2.47. The predicted octanol–water partition coefficient (Wildman–Crippen LogP) is 1.86. The van der Waals surface area contributed by atoms with Crippen LogP contribution < -0.4 is 11.1 Å². The van der Waals surface area contributed by atoms with Crippen LogP contribution in [0.3, 0.4) is 0 Å². The van der Waals surface area contributed by atoms with E-state index in [-0.39, 0.29) is 23.8 Å². The standard InChI is InChI=1S/C15H20ClN3O2/c1-10(19-8-6-11(7-9-19)14(17)20)15(21)18-13-5-3-2-4-12(13)16/h2-5,10-11H,6-9H2,1H3,(H2,17,20)(H,18,21). The van der Waals surface area contributed by atoms with Crippen LogP contribution in [0.5, 0.6) is 0 Å². The van der Waals surface area contributed by atoms with Crippen molar-refractivity contribution in [3.63, 3.8) is 0 Å². The summed E-state index contributed by atoms with van der Waals surface area (Å²) < 4.78 is 0. The average Bonchev–Trinajstić information content (AvgIpc) is 2.49. The number of piperidine rings is 1. The van der Waals surface area contributed by atoms with Gasteiger partial charge in [-0.3, -0.25) is 14.5 Å². The van der Waals surface area contributed by atoms with Gasteiger partial charge in [-0.05, 0) is 45.0 Å². The molecule has 2 rings (SSSR count). The third-order valence-electron chi connectivity index (χ3n) is 3.99. The average molecular weight is 310 g/mol. The van der Waals surface area contributed by atoms with E-state index in [4.69, 9.17) is 17.3 Å². The number of rotatable bonds is 4. The molecule has 1 heterocycles. The molecule has 6 heteroatoms. The maximum atomic E-state index is 12.3. The van der Waals surface area contributed by atoms with Crippen LogP contribution in [-0.2, 0) is 9.59 Å². The summed E-state index contributed by atoms with van der Waals surface area (Å²) in [7, 11) is 0. The molecule has 0 saturated carbocycles. The first-order valence-electron chi connectivity index (χ1n) is 7.08. The van der Waals surface area contributed by atoms with Crippen molar-refractivity contribution in [2.45, 2.75) is 25.8 Å². The minimum absolute atomic E-state index is 0.0694. The molecule has 21 heavy (non-hydrogen) atoms. The molecule has 1 unspecified atom stereocenters. The van der Waals surface area contributed by atoms with Gasteiger partial charge < -0.3 is 11.1 Å². The van der Waals surface area contributed by atoms with Gasteiger partial charge in [-0.2, -0.15) is 0 Å². The molecule has 1 atom stereocenters. The minimum atomic E-state index is -0.268. The van der Waals surface area contributed by atoms with Crippen molar-refractivity contribution >= 4 is 29.1 Å². The van der Waals surface area contributed by atoms with Gasteiger partial charge in [0.2, 0.25) is 11.8 Å². The zero-order valence-corrected chi connectivity index (χ0v) is 12.8. The van der Waals surface area contributed by atoms with Gasteiger partial charge in [0.05, 0.1) is 16.8 Å². The van der Waals surface area contributed by atoms with Crippen LogP contribution in [0.2, 0.25) is 5.02 Å². The largest absolute Gasteiger partial charge is 0.369 e. The van der Waals surface area contributed by atoms with Crippen molar-refractivity contribution in [1.82, 2.24) is 4.90 Å². The lowest BCUT2D eigenvalue weighted by Gasteiger charge is -2.34. The zero-order chi connectivity index (χ0) is 15.4. The van der Waals surface area contributed by atoms with E-state index >= 15 is 0 Å². The van der Waals surface area contributed by atoms with E-state index < -0.39 is 0 Å². The number of amides is 2. The van der Waals surface area contributed by atoms with Crippen LogP contribution in [-0.4, -0.2) is 35.8 Å². The molecule has 0 bridgehead atoms. The molecule has 5 nitrogen and oxygen atoms in total. The number of hydrogen-bond donors (Lipinski definition) is 2. The van der Waals surface area contributed by atoms with E-state index in [9.17, 15) is 9.59 Å². The number of carbonyl (C=O) groups excluding carboxylic acids is 2. The monoisotopic (exact) mass is 309 g/mol. The molecule has 1 fully saturated rings. The van der Waals surface area contributed by atoms with Gasteiger partial charge >= 0.3 is 0 Å². The van der Waals surface area contributed by atoms with Crippen molar-refractivity contribution in [1.29, 1.82) is 0 Å². The summed E-state index contributed by atoms with van der Waals surface area (Å²) in [5.74, 6) is -0.413. The van der Waals surface area contributed by atoms with Gasteiger partial charge in [0, 0.05) is 5.92 Å². The quantitative estimate of drug-likeness (QED) is 0.891. The molecule has 2 amide bonds. The summed E-state index contributed by atoms with van der Waals surface area (Å²) in [5, 5.41) is 3.36. The van der Waals surface area contributed by atoms with Gasteiger partial charge in [-0.25, -0.2) is 0 Å². The molecule has 0 radical (unpaired) electrons. The van der Waals surface area contributed by atoms with Crippen molar-refractivity contribution < 1.29 is 9.59 Å². The summed E-state index contributed by atoms with van der Waals surface area (Å²) in [4.78, 5) is 25.5. The molecule has 1 saturated heterocycles. The van der Waals surface area contributed by atoms with Gasteiger partial charge in [0.25, 0.3) is 0 Å². The van der Waals surface area contributed by atoms with Crippen molar-refractivity contribution in [3.05, 3.63) is 29.3 Å². The van der Waals surface area contributed by atoms with Crippen molar-refractivity contribution in [3.8, 4) is 0 Å². The Morgan fingerprint density at radius 3 is 2.52 bits per heavy atom. The maximum Gasteiger partial charge on any atom is 0.241 e. The van der Waals surface area contributed by atoms with Gasteiger partial charge in [-0.15, -0.1) is 0 Å². The van der Waals surface area contributed by atoms with Crippen molar-refractivity contribution in [2.75, 3.05) is 18.4 Å². The Balaban J connectivity index is 1.92. The molecule has 1 aliphatic rings. The van der Waals surface area contributed by atoms with Gasteiger partial charge in [0.15, 0.2) is 0 Å². The van der Waals surface area contributed by atoms with E-state index in [1.54, 1.807) is 12.1 Å². The molecular weight excluding hydrogens is 290 g/mol. The van der Waals surface area contributed by atoms with E-state index in [0.29, 0.717) is 36.6 Å². The number of primary amides is 1. The lowest BCUT2D eigenvalue weighted by molar-refractivity contribution is -0.124. The second kappa shape index (κ2) is 6.91. The fourth-order valence-electron chi connectivity index (χ4n) is 2.54. The number of para-hydroxylation sites is 1. The highest BCUT2D eigenvalue weighted by Gasteiger charge is 2.28. The number of carbonyl (C=O) groups is 2. The summed E-state index contributed by atoms with van der Waals surface area (Å²) in [6.07, 6.45) is 1.41. The molecule has 0 aliphatic carbocycles. The van der Waals surface area contributed by atoms with Crippen LogP contribution >= 0.6 is 11.6 Å². The van der Waals surface area contributed by atoms with Crippen LogP contribution in [0.1, 0.15) is 19.8 Å². The highest BCUT2D eigenvalue weighted by Crippen LogP contribution is 2.22. The molecule has 1 aromatic rings. The third kappa shape index (κ3) is 3.95. The van der Waals surface area contributed by atoms with E-state index in [1.807, 2.05) is 19.1 Å². The summed E-state index contributed by atoms with van der Waals surface area (Å²) in [6.45, 7) is 3.26. The Morgan fingerprint density at radius 1 is 1.33 bits per heavy atom. The first-order chi connectivity index (χ1) is 9.99. The molecule has 1 aromatic carbocycles. The number of benzene rings is 1. The van der Waals surface area contributed by atoms with Crippen LogP contribution in [0.25, 0.3) is 0 Å². The summed E-state index contributed by atoms with van der Waals surface area (Å²) in [5.41, 5.74) is 5.93. The SMILES string of the molecule is CC(C(=O)Nc1ccccc1Cl)N1CCC(C(N)=O)CC1. The normalized spacial score (nSPS) is 18.2. The fourth-order valence-corrected chi connectivity index (χ4v) is 2.72. The Hall–Kier alpha value is -1.59. The minimum Gasteiger partial charge on any atom is -0.369 e. The van der Waals surface area contributed by atoms with Gasteiger partial charge in [-0.1, -0.05) is 23.7 Å². The Bertz CT molecular complexity index is 527. The van der Waals surface area contributed by atoms with Crippen LogP contribution in [0.15, 0.2) is 24.3 Å². The maximum absolute atomic E-state index is 12.3. The Kier molecular flexibility index (Phi) is 5.20. The first kappa shape index (κ1) is 15.8. The second-order valence-corrected chi connectivity index (χ2v) is 5.76. The molecular formula is C15H20ClN3O2. The predicted molar refractivity (Wildman–Crippen MR) is 83.0 cm³/mol. The molecule has 0 spiro atoms. The highest BCUT2D eigenvalue weighted by molar-refractivity contribution is 6.33. The second-order valence-electron chi connectivity index (χ2n) is 5.36.